The maximum Gasteiger partial charge on any atom is 0.343 e. The van der Waals surface area contributed by atoms with Gasteiger partial charge in [0.15, 0.2) is 0 Å². The summed E-state index contributed by atoms with van der Waals surface area (Å²) < 4.78 is 36.5. The minimum absolute atomic E-state index is 0.0756. The summed E-state index contributed by atoms with van der Waals surface area (Å²) in [5.74, 6) is -2.12. The molecule has 4 nitrogen and oxygen atoms in total. The Bertz CT molecular complexity index is 874. The van der Waals surface area contributed by atoms with Crippen LogP contribution in [0.25, 0.3) is 0 Å². The molecule has 0 aromatic heterocycles. The van der Waals surface area contributed by atoms with Gasteiger partial charge in [-0.3, -0.25) is 0 Å². The lowest BCUT2D eigenvalue weighted by molar-refractivity contribution is 0.0719. The van der Waals surface area contributed by atoms with Crippen LogP contribution in [0.4, 0.5) is 8.78 Å². The molecule has 0 atom stereocenters. The molecule has 26 heavy (non-hydrogen) atoms. The van der Waals surface area contributed by atoms with E-state index < -0.39 is 23.6 Å². The fourth-order valence-corrected chi connectivity index (χ4v) is 2.14. The third kappa shape index (κ3) is 4.30. The maximum absolute atomic E-state index is 13.1. The van der Waals surface area contributed by atoms with Crippen LogP contribution in [-0.2, 0) is 0 Å². The SMILES string of the molecule is O=C(Oc1ccc(OC(=O)c2cccc(F)c2)cc1)c1cccc(F)c1. The van der Waals surface area contributed by atoms with E-state index in [-0.39, 0.29) is 22.6 Å². The molecule has 130 valence electrons. The highest BCUT2D eigenvalue weighted by atomic mass is 19.1. The Labute approximate surface area is 147 Å². The second kappa shape index (κ2) is 7.57. The van der Waals surface area contributed by atoms with E-state index in [4.69, 9.17) is 9.47 Å². The van der Waals surface area contributed by atoms with Gasteiger partial charge < -0.3 is 9.47 Å². The Morgan fingerprint density at radius 2 is 1.00 bits per heavy atom. The van der Waals surface area contributed by atoms with Gasteiger partial charge in [-0.05, 0) is 60.7 Å². The standard InChI is InChI=1S/C20H12F2O4/c21-15-5-1-3-13(11-15)19(23)25-17-7-9-18(10-8-17)26-20(24)14-4-2-6-16(22)12-14/h1-12H. The monoisotopic (exact) mass is 354 g/mol. The van der Waals surface area contributed by atoms with Gasteiger partial charge in [-0.15, -0.1) is 0 Å². The van der Waals surface area contributed by atoms with Crippen LogP contribution in [0.3, 0.4) is 0 Å². The Hall–Kier alpha value is -3.54. The number of esters is 2. The predicted octanol–water partition coefficient (Wildman–Crippen LogP) is 4.40. The molecule has 0 amide bonds. The van der Waals surface area contributed by atoms with Crippen LogP contribution >= 0.6 is 0 Å². The number of halogens is 2. The lowest BCUT2D eigenvalue weighted by atomic mass is 10.2. The fraction of sp³-hybridized carbons (Fsp3) is 0. The van der Waals surface area contributed by atoms with E-state index in [0.29, 0.717) is 0 Å². The van der Waals surface area contributed by atoms with Crippen LogP contribution in [0, 0.1) is 11.6 Å². The van der Waals surface area contributed by atoms with Crippen molar-refractivity contribution in [1.29, 1.82) is 0 Å². The first kappa shape index (κ1) is 17.3. The average Bonchev–Trinajstić information content (AvgIpc) is 2.63. The molecule has 0 radical (unpaired) electrons. The van der Waals surface area contributed by atoms with Crippen molar-refractivity contribution in [2.45, 2.75) is 0 Å². The summed E-state index contributed by atoms with van der Waals surface area (Å²) in [6, 6.07) is 15.9. The number of carbonyl (C=O) groups is 2. The van der Waals surface area contributed by atoms with E-state index in [0.717, 1.165) is 12.1 Å². The summed E-state index contributed by atoms with van der Waals surface area (Å²) in [5, 5.41) is 0. The Morgan fingerprint density at radius 1 is 0.615 bits per heavy atom. The molecule has 0 bridgehead atoms. The number of hydrogen-bond acceptors (Lipinski definition) is 4. The molecule has 3 rings (SSSR count). The first-order chi connectivity index (χ1) is 12.5. The lowest BCUT2D eigenvalue weighted by Gasteiger charge is -2.07. The second-order valence-corrected chi connectivity index (χ2v) is 5.27. The number of rotatable bonds is 4. The first-order valence-corrected chi connectivity index (χ1v) is 7.57. The van der Waals surface area contributed by atoms with Crippen LogP contribution in [-0.4, -0.2) is 11.9 Å². The van der Waals surface area contributed by atoms with Gasteiger partial charge in [-0.1, -0.05) is 12.1 Å². The molecule has 0 saturated heterocycles. The van der Waals surface area contributed by atoms with Crippen molar-refractivity contribution >= 4 is 11.9 Å². The quantitative estimate of drug-likeness (QED) is 0.515. The van der Waals surface area contributed by atoms with Gasteiger partial charge in [0.2, 0.25) is 0 Å². The Kier molecular flexibility index (Phi) is 5.03. The van der Waals surface area contributed by atoms with Gasteiger partial charge in [0.05, 0.1) is 11.1 Å². The number of carbonyl (C=O) groups excluding carboxylic acids is 2. The summed E-state index contributed by atoms with van der Waals surface area (Å²) in [4.78, 5) is 23.9. The summed E-state index contributed by atoms with van der Waals surface area (Å²) in [6.45, 7) is 0. The molecular weight excluding hydrogens is 342 g/mol. The van der Waals surface area contributed by atoms with Crippen LogP contribution < -0.4 is 9.47 Å². The molecule has 0 aliphatic heterocycles. The molecule has 0 aliphatic rings. The Balaban J connectivity index is 1.65. The second-order valence-electron chi connectivity index (χ2n) is 5.27. The smallest absolute Gasteiger partial charge is 0.343 e. The van der Waals surface area contributed by atoms with Crippen LogP contribution in [0.1, 0.15) is 20.7 Å². The number of benzene rings is 3. The zero-order valence-electron chi connectivity index (χ0n) is 13.3. The molecule has 0 aliphatic carbocycles. The van der Waals surface area contributed by atoms with Crippen molar-refractivity contribution in [3.63, 3.8) is 0 Å². The summed E-state index contributed by atoms with van der Waals surface area (Å²) >= 11 is 0. The van der Waals surface area contributed by atoms with Gasteiger partial charge in [0.1, 0.15) is 23.1 Å². The van der Waals surface area contributed by atoms with Crippen molar-refractivity contribution in [3.05, 3.63) is 95.6 Å². The molecule has 0 fully saturated rings. The largest absolute Gasteiger partial charge is 0.423 e. The fourth-order valence-electron chi connectivity index (χ4n) is 2.14. The topological polar surface area (TPSA) is 52.6 Å². The van der Waals surface area contributed by atoms with Crippen molar-refractivity contribution in [3.8, 4) is 11.5 Å². The van der Waals surface area contributed by atoms with Crippen LogP contribution in [0.15, 0.2) is 72.8 Å². The lowest BCUT2D eigenvalue weighted by Crippen LogP contribution is -2.10. The van der Waals surface area contributed by atoms with E-state index in [1.54, 1.807) is 0 Å². The van der Waals surface area contributed by atoms with Crippen molar-refractivity contribution in [2.75, 3.05) is 0 Å². The molecule has 0 heterocycles. The number of hydrogen-bond donors (Lipinski definition) is 0. The minimum Gasteiger partial charge on any atom is -0.423 e. The van der Waals surface area contributed by atoms with Crippen molar-refractivity contribution in [2.24, 2.45) is 0 Å². The molecule has 0 unspecified atom stereocenters. The zero-order valence-corrected chi connectivity index (χ0v) is 13.3. The number of ether oxygens (including phenoxy) is 2. The van der Waals surface area contributed by atoms with E-state index in [1.165, 1.54) is 60.7 Å². The summed E-state index contributed by atoms with van der Waals surface area (Å²) in [7, 11) is 0. The highest BCUT2D eigenvalue weighted by Crippen LogP contribution is 2.20. The van der Waals surface area contributed by atoms with Crippen molar-refractivity contribution < 1.29 is 27.8 Å². The molecule has 6 heteroatoms. The summed E-state index contributed by atoms with van der Waals surface area (Å²) in [5.41, 5.74) is 0.151. The first-order valence-electron chi connectivity index (χ1n) is 7.57. The summed E-state index contributed by atoms with van der Waals surface area (Å²) in [6.07, 6.45) is 0. The third-order valence-corrected chi connectivity index (χ3v) is 3.37. The van der Waals surface area contributed by atoms with Crippen LogP contribution in [0.2, 0.25) is 0 Å². The molecule has 0 N–H and O–H groups in total. The highest BCUT2D eigenvalue weighted by Gasteiger charge is 2.11. The Morgan fingerprint density at radius 3 is 1.35 bits per heavy atom. The molecular formula is C20H12F2O4. The molecule has 3 aromatic carbocycles. The minimum atomic E-state index is -0.714. The van der Waals surface area contributed by atoms with Crippen LogP contribution in [0.5, 0.6) is 11.5 Å². The van der Waals surface area contributed by atoms with E-state index in [2.05, 4.69) is 0 Å². The van der Waals surface area contributed by atoms with Gasteiger partial charge in [-0.2, -0.15) is 0 Å². The zero-order chi connectivity index (χ0) is 18.5. The molecule has 3 aromatic rings. The predicted molar refractivity (Wildman–Crippen MR) is 89.2 cm³/mol. The van der Waals surface area contributed by atoms with E-state index in [1.807, 2.05) is 0 Å². The van der Waals surface area contributed by atoms with Gasteiger partial charge in [-0.25, -0.2) is 18.4 Å². The maximum atomic E-state index is 13.1. The van der Waals surface area contributed by atoms with Gasteiger partial charge in [0, 0.05) is 0 Å². The molecule has 0 saturated carbocycles. The van der Waals surface area contributed by atoms with Gasteiger partial charge in [0.25, 0.3) is 0 Å². The van der Waals surface area contributed by atoms with Crippen molar-refractivity contribution in [1.82, 2.24) is 0 Å². The molecule has 0 spiro atoms. The average molecular weight is 354 g/mol. The van der Waals surface area contributed by atoms with E-state index in [9.17, 15) is 18.4 Å². The van der Waals surface area contributed by atoms with E-state index >= 15 is 0 Å². The van der Waals surface area contributed by atoms with Gasteiger partial charge >= 0.3 is 11.9 Å². The normalized spacial score (nSPS) is 10.2. The highest BCUT2D eigenvalue weighted by molar-refractivity contribution is 5.91. The third-order valence-electron chi connectivity index (χ3n) is 3.37.